The zero-order valence-corrected chi connectivity index (χ0v) is 10.5. The van der Waals surface area contributed by atoms with Gasteiger partial charge in [0.05, 0.1) is 5.69 Å². The van der Waals surface area contributed by atoms with Crippen molar-refractivity contribution in [1.29, 1.82) is 0 Å². The number of aromatic nitrogens is 2. The van der Waals surface area contributed by atoms with Crippen LogP contribution in [0, 0.1) is 13.8 Å². The second-order valence-electron chi connectivity index (χ2n) is 3.77. The maximum absolute atomic E-state index is 4.47. The molecule has 0 aromatic carbocycles. The van der Waals surface area contributed by atoms with Crippen LogP contribution in [-0.2, 0) is 13.0 Å². The molecule has 3 nitrogen and oxygen atoms in total. The number of hydrogen-bond donors (Lipinski definition) is 0. The fraction of sp³-hybridized carbons (Fsp3) is 0.667. The average Bonchev–Trinajstić information content (AvgIpc) is 2.22. The van der Waals surface area contributed by atoms with E-state index in [2.05, 4.69) is 28.8 Å². The highest BCUT2D eigenvalue weighted by Gasteiger charge is 2.17. The van der Waals surface area contributed by atoms with Crippen LogP contribution in [0.15, 0.2) is 0 Å². The summed E-state index contributed by atoms with van der Waals surface area (Å²) in [5.41, 5.74) is 3.73. The Labute approximate surface area is 92.6 Å². The highest BCUT2D eigenvalue weighted by atomic mass is 15.1. The molecule has 0 radical (unpaired) electrons. The van der Waals surface area contributed by atoms with Gasteiger partial charge in [-0.1, -0.05) is 13.8 Å². The SMILES string of the molecule is CC.Cc1nc(C)c2c(n1)CCN(C)C2. The van der Waals surface area contributed by atoms with Crippen molar-refractivity contribution in [2.75, 3.05) is 13.6 Å². The van der Waals surface area contributed by atoms with E-state index in [1.54, 1.807) is 0 Å². The third kappa shape index (κ3) is 2.75. The first-order valence-electron chi connectivity index (χ1n) is 5.68. The van der Waals surface area contributed by atoms with E-state index in [-0.39, 0.29) is 0 Å². The molecule has 0 saturated carbocycles. The number of nitrogens with zero attached hydrogens (tertiary/aromatic N) is 3. The van der Waals surface area contributed by atoms with Crippen molar-refractivity contribution < 1.29 is 0 Å². The molecule has 0 atom stereocenters. The van der Waals surface area contributed by atoms with Crippen molar-refractivity contribution in [2.24, 2.45) is 0 Å². The van der Waals surface area contributed by atoms with Crippen LogP contribution in [0.5, 0.6) is 0 Å². The van der Waals surface area contributed by atoms with Crippen molar-refractivity contribution in [3.05, 3.63) is 22.8 Å². The van der Waals surface area contributed by atoms with E-state index in [0.29, 0.717) is 0 Å². The fourth-order valence-electron chi connectivity index (χ4n) is 1.86. The van der Waals surface area contributed by atoms with Crippen LogP contribution in [0.1, 0.15) is 36.6 Å². The van der Waals surface area contributed by atoms with Gasteiger partial charge in [-0.25, -0.2) is 9.97 Å². The normalized spacial score (nSPS) is 15.3. The highest BCUT2D eigenvalue weighted by molar-refractivity contribution is 5.27. The Balaban J connectivity index is 0.000000531. The van der Waals surface area contributed by atoms with Gasteiger partial charge in [0.2, 0.25) is 0 Å². The Hall–Kier alpha value is -0.960. The van der Waals surface area contributed by atoms with Gasteiger partial charge in [-0.3, -0.25) is 0 Å². The Morgan fingerprint density at radius 1 is 1.13 bits per heavy atom. The van der Waals surface area contributed by atoms with Gasteiger partial charge in [0.1, 0.15) is 5.82 Å². The van der Waals surface area contributed by atoms with E-state index >= 15 is 0 Å². The quantitative estimate of drug-likeness (QED) is 0.652. The van der Waals surface area contributed by atoms with E-state index in [1.807, 2.05) is 20.8 Å². The molecule has 0 N–H and O–H groups in total. The van der Waals surface area contributed by atoms with Crippen LogP contribution in [0.25, 0.3) is 0 Å². The summed E-state index contributed by atoms with van der Waals surface area (Å²) in [7, 11) is 2.14. The molecule has 0 spiro atoms. The number of rotatable bonds is 0. The van der Waals surface area contributed by atoms with Crippen molar-refractivity contribution >= 4 is 0 Å². The molecule has 1 aliphatic heterocycles. The fourth-order valence-corrected chi connectivity index (χ4v) is 1.86. The van der Waals surface area contributed by atoms with Crippen molar-refractivity contribution in [3.63, 3.8) is 0 Å². The predicted molar refractivity (Wildman–Crippen MR) is 62.9 cm³/mol. The Bertz CT molecular complexity index is 334. The molecule has 0 amide bonds. The Morgan fingerprint density at radius 2 is 1.80 bits per heavy atom. The van der Waals surface area contributed by atoms with Crippen LogP contribution >= 0.6 is 0 Å². The third-order valence-electron chi connectivity index (χ3n) is 2.57. The van der Waals surface area contributed by atoms with Gasteiger partial charge < -0.3 is 4.90 Å². The molecule has 15 heavy (non-hydrogen) atoms. The Morgan fingerprint density at radius 3 is 2.47 bits per heavy atom. The zero-order valence-electron chi connectivity index (χ0n) is 10.5. The molecule has 0 bridgehead atoms. The molecule has 2 heterocycles. The number of aryl methyl sites for hydroxylation is 2. The lowest BCUT2D eigenvalue weighted by atomic mass is 10.0. The summed E-state index contributed by atoms with van der Waals surface area (Å²) >= 11 is 0. The summed E-state index contributed by atoms with van der Waals surface area (Å²) < 4.78 is 0. The lowest BCUT2D eigenvalue weighted by Crippen LogP contribution is -2.28. The molecule has 0 saturated heterocycles. The van der Waals surface area contributed by atoms with E-state index < -0.39 is 0 Å². The van der Waals surface area contributed by atoms with Gasteiger partial charge in [-0.2, -0.15) is 0 Å². The maximum atomic E-state index is 4.47. The number of likely N-dealkylation sites (N-methyl/N-ethyl adjacent to an activating group) is 1. The second-order valence-corrected chi connectivity index (χ2v) is 3.77. The minimum atomic E-state index is 0.904. The lowest BCUT2D eigenvalue weighted by molar-refractivity contribution is 0.307. The standard InChI is InChI=1S/C10H15N3.C2H6/c1-7-9-6-13(3)5-4-10(9)12-8(2)11-7;1-2/h4-6H2,1-3H3;1-2H3. The molecular formula is C12H21N3. The minimum Gasteiger partial charge on any atom is -0.302 e. The van der Waals surface area contributed by atoms with Crippen LogP contribution in [0.4, 0.5) is 0 Å². The van der Waals surface area contributed by atoms with Gasteiger partial charge in [-0.05, 0) is 20.9 Å². The summed E-state index contributed by atoms with van der Waals surface area (Å²) in [5.74, 6) is 0.904. The van der Waals surface area contributed by atoms with Crippen molar-refractivity contribution in [1.82, 2.24) is 14.9 Å². The first-order valence-corrected chi connectivity index (χ1v) is 5.68. The topological polar surface area (TPSA) is 29.0 Å². The molecule has 0 aliphatic carbocycles. The molecule has 1 aliphatic rings. The zero-order chi connectivity index (χ0) is 11.4. The van der Waals surface area contributed by atoms with Crippen LogP contribution in [0.3, 0.4) is 0 Å². The van der Waals surface area contributed by atoms with E-state index in [1.165, 1.54) is 11.3 Å². The third-order valence-corrected chi connectivity index (χ3v) is 2.57. The van der Waals surface area contributed by atoms with Gasteiger partial charge in [-0.15, -0.1) is 0 Å². The molecule has 84 valence electrons. The first kappa shape index (κ1) is 12.1. The Kier molecular flexibility index (Phi) is 4.21. The van der Waals surface area contributed by atoms with E-state index in [9.17, 15) is 0 Å². The highest BCUT2D eigenvalue weighted by Crippen LogP contribution is 2.18. The van der Waals surface area contributed by atoms with E-state index in [4.69, 9.17) is 0 Å². The summed E-state index contributed by atoms with van der Waals surface area (Å²) in [5, 5.41) is 0. The summed E-state index contributed by atoms with van der Waals surface area (Å²) in [6, 6.07) is 0. The first-order chi connectivity index (χ1) is 7.16. The minimum absolute atomic E-state index is 0.904. The van der Waals surface area contributed by atoms with E-state index in [0.717, 1.165) is 31.0 Å². The summed E-state index contributed by atoms with van der Waals surface area (Å²) in [6.07, 6.45) is 1.07. The molecule has 3 heteroatoms. The smallest absolute Gasteiger partial charge is 0.125 e. The summed E-state index contributed by atoms with van der Waals surface area (Å²) in [6.45, 7) is 10.2. The largest absolute Gasteiger partial charge is 0.302 e. The van der Waals surface area contributed by atoms with Gasteiger partial charge in [0.25, 0.3) is 0 Å². The van der Waals surface area contributed by atoms with Crippen molar-refractivity contribution in [2.45, 2.75) is 40.7 Å². The molecule has 1 aromatic rings. The molecule has 2 rings (SSSR count). The molecule has 1 aromatic heterocycles. The average molecular weight is 207 g/mol. The van der Waals surface area contributed by atoms with Gasteiger partial charge in [0, 0.05) is 30.8 Å². The van der Waals surface area contributed by atoms with Crippen LogP contribution < -0.4 is 0 Å². The molecule has 0 fully saturated rings. The van der Waals surface area contributed by atoms with Crippen molar-refractivity contribution in [3.8, 4) is 0 Å². The monoisotopic (exact) mass is 207 g/mol. The molecular weight excluding hydrogens is 186 g/mol. The van der Waals surface area contributed by atoms with Gasteiger partial charge in [0.15, 0.2) is 0 Å². The maximum Gasteiger partial charge on any atom is 0.125 e. The lowest BCUT2D eigenvalue weighted by Gasteiger charge is -2.25. The second kappa shape index (κ2) is 5.21. The number of hydrogen-bond acceptors (Lipinski definition) is 3. The van der Waals surface area contributed by atoms with Gasteiger partial charge >= 0.3 is 0 Å². The summed E-state index contributed by atoms with van der Waals surface area (Å²) in [4.78, 5) is 11.2. The van der Waals surface area contributed by atoms with Crippen LogP contribution in [0.2, 0.25) is 0 Å². The predicted octanol–water partition coefficient (Wildman–Crippen LogP) is 2.11. The van der Waals surface area contributed by atoms with Crippen LogP contribution in [-0.4, -0.2) is 28.5 Å². The number of fused-ring (bicyclic) bond motifs is 1. The molecule has 0 unspecified atom stereocenters.